The van der Waals surface area contributed by atoms with Gasteiger partial charge in [-0.05, 0) is 53.4 Å². The highest BCUT2D eigenvalue weighted by atomic mass is 35.5. The Hall–Kier alpha value is -2.67. The fourth-order valence-electron chi connectivity index (χ4n) is 4.74. The van der Waals surface area contributed by atoms with Crippen molar-refractivity contribution in [1.82, 2.24) is 4.90 Å². The summed E-state index contributed by atoms with van der Waals surface area (Å²) in [4.78, 5) is 19.2. The van der Waals surface area contributed by atoms with Crippen LogP contribution in [-0.4, -0.2) is 37.0 Å². The molecule has 0 aromatic heterocycles. The molecule has 2 heterocycles. The van der Waals surface area contributed by atoms with E-state index < -0.39 is 11.6 Å². The van der Waals surface area contributed by atoms with Gasteiger partial charge in [-0.3, -0.25) is 9.69 Å². The maximum absolute atomic E-state index is 13.5. The molecule has 0 atom stereocenters. The van der Waals surface area contributed by atoms with Gasteiger partial charge in [-0.25, -0.2) is 8.78 Å². The van der Waals surface area contributed by atoms with Crippen LogP contribution in [0.3, 0.4) is 0 Å². The standard InChI is InChI=1S/C27H27F2N3O.2ClH/c28-24-9-6-21(16-25(24)29)18-30-12-14-31(15-13-30)23-8-10-26-22(17-23)7-11-27(33)32(26)19-20-4-2-1-3-5-20;;/h1-6,8-10,16-17H,7,11-15,18-19H2;2*1H. The van der Waals surface area contributed by atoms with Crippen LogP contribution in [-0.2, 0) is 24.3 Å². The molecule has 0 spiro atoms. The minimum Gasteiger partial charge on any atom is -0.369 e. The highest BCUT2D eigenvalue weighted by Gasteiger charge is 2.26. The van der Waals surface area contributed by atoms with Crippen LogP contribution < -0.4 is 9.80 Å². The van der Waals surface area contributed by atoms with Crippen LogP contribution in [0.25, 0.3) is 0 Å². The molecule has 3 aromatic carbocycles. The van der Waals surface area contributed by atoms with Crippen molar-refractivity contribution in [2.45, 2.75) is 25.9 Å². The van der Waals surface area contributed by atoms with Crippen LogP contribution in [0.5, 0.6) is 0 Å². The Morgan fingerprint density at radius 2 is 1.46 bits per heavy atom. The zero-order valence-electron chi connectivity index (χ0n) is 19.3. The minimum absolute atomic E-state index is 0. The normalized spacial score (nSPS) is 15.8. The van der Waals surface area contributed by atoms with Crippen LogP contribution in [0.4, 0.5) is 20.2 Å². The number of fused-ring (bicyclic) bond motifs is 1. The number of anilines is 2. The van der Waals surface area contributed by atoms with Crippen molar-refractivity contribution < 1.29 is 13.6 Å². The number of nitrogens with zero attached hydrogens (tertiary/aromatic N) is 3. The first-order valence-corrected chi connectivity index (χ1v) is 11.5. The Bertz CT molecular complexity index is 1150. The molecule has 2 aliphatic heterocycles. The van der Waals surface area contributed by atoms with Crippen molar-refractivity contribution in [3.63, 3.8) is 0 Å². The molecule has 186 valence electrons. The number of benzene rings is 3. The Morgan fingerprint density at radius 1 is 0.714 bits per heavy atom. The number of hydrogen-bond donors (Lipinski definition) is 0. The van der Waals surface area contributed by atoms with Gasteiger partial charge in [0.2, 0.25) is 5.91 Å². The molecule has 0 saturated carbocycles. The van der Waals surface area contributed by atoms with Gasteiger partial charge in [0.25, 0.3) is 0 Å². The number of halogens is 4. The Kier molecular flexibility index (Phi) is 9.11. The van der Waals surface area contributed by atoms with Crippen LogP contribution in [0.15, 0.2) is 66.7 Å². The predicted molar refractivity (Wildman–Crippen MR) is 141 cm³/mol. The van der Waals surface area contributed by atoms with E-state index in [1.165, 1.54) is 23.4 Å². The summed E-state index contributed by atoms with van der Waals surface area (Å²) in [5.41, 5.74) is 5.32. The lowest BCUT2D eigenvalue weighted by Crippen LogP contribution is -2.46. The molecule has 0 radical (unpaired) electrons. The van der Waals surface area contributed by atoms with Crippen molar-refractivity contribution in [2.24, 2.45) is 0 Å². The summed E-state index contributed by atoms with van der Waals surface area (Å²) in [5, 5.41) is 0. The summed E-state index contributed by atoms with van der Waals surface area (Å²) in [6.07, 6.45) is 1.30. The van der Waals surface area contributed by atoms with E-state index in [9.17, 15) is 13.6 Å². The van der Waals surface area contributed by atoms with Crippen LogP contribution >= 0.6 is 24.8 Å². The van der Waals surface area contributed by atoms with Gasteiger partial charge in [0.05, 0.1) is 6.54 Å². The maximum atomic E-state index is 13.5. The first-order chi connectivity index (χ1) is 16.1. The van der Waals surface area contributed by atoms with E-state index in [1.807, 2.05) is 23.1 Å². The second-order valence-electron chi connectivity index (χ2n) is 8.79. The number of aryl methyl sites for hydroxylation is 1. The monoisotopic (exact) mass is 519 g/mol. The number of hydrogen-bond acceptors (Lipinski definition) is 3. The third-order valence-electron chi connectivity index (χ3n) is 6.57. The number of carbonyl (C=O) groups is 1. The molecule has 0 N–H and O–H groups in total. The van der Waals surface area contributed by atoms with Crippen LogP contribution in [0, 0.1) is 11.6 Å². The second kappa shape index (κ2) is 11.8. The maximum Gasteiger partial charge on any atom is 0.227 e. The first-order valence-electron chi connectivity index (χ1n) is 11.5. The number of amides is 1. The third kappa shape index (κ3) is 6.13. The lowest BCUT2D eigenvalue weighted by atomic mass is 9.99. The van der Waals surface area contributed by atoms with Gasteiger partial charge < -0.3 is 9.80 Å². The predicted octanol–water partition coefficient (Wildman–Crippen LogP) is 5.61. The zero-order valence-corrected chi connectivity index (χ0v) is 21.0. The Morgan fingerprint density at radius 3 is 2.17 bits per heavy atom. The van der Waals surface area contributed by atoms with E-state index in [2.05, 4.69) is 40.1 Å². The largest absolute Gasteiger partial charge is 0.369 e. The summed E-state index contributed by atoms with van der Waals surface area (Å²) >= 11 is 0. The summed E-state index contributed by atoms with van der Waals surface area (Å²) < 4.78 is 26.7. The summed E-state index contributed by atoms with van der Waals surface area (Å²) in [7, 11) is 0. The number of carbonyl (C=O) groups excluding carboxylic acids is 1. The van der Waals surface area contributed by atoms with E-state index in [1.54, 1.807) is 6.07 Å². The van der Waals surface area contributed by atoms with E-state index in [0.29, 0.717) is 19.5 Å². The average molecular weight is 520 g/mol. The van der Waals surface area contributed by atoms with Crippen molar-refractivity contribution in [3.05, 3.63) is 95.1 Å². The van der Waals surface area contributed by atoms with Crippen LogP contribution in [0.1, 0.15) is 23.1 Å². The molecular formula is C27H29Cl2F2N3O. The molecule has 35 heavy (non-hydrogen) atoms. The lowest BCUT2D eigenvalue weighted by molar-refractivity contribution is -0.119. The quantitative estimate of drug-likeness (QED) is 0.438. The molecule has 0 bridgehead atoms. The molecule has 0 unspecified atom stereocenters. The van der Waals surface area contributed by atoms with E-state index in [0.717, 1.165) is 49.4 Å². The number of rotatable bonds is 5. The fourth-order valence-corrected chi connectivity index (χ4v) is 4.74. The van der Waals surface area contributed by atoms with Gasteiger partial charge in [-0.2, -0.15) is 0 Å². The van der Waals surface area contributed by atoms with Crippen molar-refractivity contribution >= 4 is 42.1 Å². The highest BCUT2D eigenvalue weighted by molar-refractivity contribution is 5.96. The molecule has 5 rings (SSSR count). The molecule has 1 saturated heterocycles. The second-order valence-corrected chi connectivity index (χ2v) is 8.79. The summed E-state index contributed by atoms with van der Waals surface area (Å²) in [6.45, 7) is 4.66. The van der Waals surface area contributed by atoms with Crippen molar-refractivity contribution in [2.75, 3.05) is 36.0 Å². The molecular weight excluding hydrogens is 491 g/mol. The van der Waals surface area contributed by atoms with Gasteiger partial charge in [-0.15, -0.1) is 24.8 Å². The zero-order chi connectivity index (χ0) is 22.8. The molecule has 3 aromatic rings. The van der Waals surface area contributed by atoms with E-state index in [4.69, 9.17) is 0 Å². The van der Waals surface area contributed by atoms with Gasteiger partial charge in [0, 0.05) is 50.5 Å². The van der Waals surface area contributed by atoms with Crippen LogP contribution in [0.2, 0.25) is 0 Å². The van der Waals surface area contributed by atoms with Crippen molar-refractivity contribution in [3.8, 4) is 0 Å². The summed E-state index contributed by atoms with van der Waals surface area (Å²) in [6, 6.07) is 20.6. The van der Waals surface area contributed by atoms with Crippen molar-refractivity contribution in [1.29, 1.82) is 0 Å². The van der Waals surface area contributed by atoms with E-state index >= 15 is 0 Å². The Balaban J connectivity index is 0.00000171. The topological polar surface area (TPSA) is 26.8 Å². The smallest absolute Gasteiger partial charge is 0.227 e. The third-order valence-corrected chi connectivity index (χ3v) is 6.57. The molecule has 0 aliphatic carbocycles. The van der Waals surface area contributed by atoms with Gasteiger partial charge in [-0.1, -0.05) is 36.4 Å². The molecule has 1 fully saturated rings. The lowest BCUT2D eigenvalue weighted by Gasteiger charge is -2.37. The molecule has 2 aliphatic rings. The average Bonchev–Trinajstić information content (AvgIpc) is 2.84. The van der Waals surface area contributed by atoms with Gasteiger partial charge in [0.15, 0.2) is 11.6 Å². The molecule has 4 nitrogen and oxygen atoms in total. The molecule has 8 heteroatoms. The Labute approximate surface area is 217 Å². The SMILES string of the molecule is Cl.Cl.O=C1CCc2cc(N3CCN(Cc4ccc(F)c(F)c4)CC3)ccc2N1Cc1ccccc1. The summed E-state index contributed by atoms with van der Waals surface area (Å²) in [5.74, 6) is -1.43. The first kappa shape index (κ1) is 26.9. The van der Waals surface area contributed by atoms with Gasteiger partial charge >= 0.3 is 0 Å². The minimum atomic E-state index is -0.806. The van der Waals surface area contributed by atoms with E-state index in [-0.39, 0.29) is 30.7 Å². The van der Waals surface area contributed by atoms with Gasteiger partial charge in [0.1, 0.15) is 0 Å². The fraction of sp³-hybridized carbons (Fsp3) is 0.296. The molecule has 1 amide bonds. The number of piperazine rings is 1. The highest BCUT2D eigenvalue weighted by Crippen LogP contribution is 2.33.